The van der Waals surface area contributed by atoms with E-state index in [0.717, 1.165) is 27.0 Å². The van der Waals surface area contributed by atoms with E-state index in [9.17, 15) is 9.59 Å². The van der Waals surface area contributed by atoms with Crippen LogP contribution in [0, 0.1) is 13.8 Å². The molecule has 0 unspecified atom stereocenters. The van der Waals surface area contributed by atoms with E-state index in [4.69, 9.17) is 0 Å². The van der Waals surface area contributed by atoms with Crippen LogP contribution in [0.2, 0.25) is 0 Å². The van der Waals surface area contributed by atoms with E-state index in [1.807, 2.05) is 62.4 Å². The second-order valence-corrected chi connectivity index (χ2v) is 7.95. The van der Waals surface area contributed by atoms with Crippen molar-refractivity contribution in [3.05, 3.63) is 83.4 Å². The molecule has 0 fully saturated rings. The molecule has 0 spiro atoms. The summed E-state index contributed by atoms with van der Waals surface area (Å²) in [6.45, 7) is 3.97. The number of carbonyl (C=O) groups excluding carboxylic acids is 2. The van der Waals surface area contributed by atoms with Crippen LogP contribution >= 0.6 is 11.3 Å². The Hall–Kier alpha value is -3.71. The molecule has 0 atom stereocenters. The van der Waals surface area contributed by atoms with Crippen LogP contribution in [0.15, 0.2) is 66.7 Å². The Balaban J connectivity index is 1.45. The molecular formula is C23H20N4O2S. The van der Waals surface area contributed by atoms with Gasteiger partial charge in [-0.3, -0.25) is 10.1 Å². The zero-order chi connectivity index (χ0) is 21.1. The van der Waals surface area contributed by atoms with Crippen molar-refractivity contribution >= 4 is 50.0 Å². The van der Waals surface area contributed by atoms with Gasteiger partial charge in [-0.1, -0.05) is 47.2 Å². The molecule has 0 aliphatic heterocycles. The van der Waals surface area contributed by atoms with Crippen LogP contribution in [0.5, 0.6) is 0 Å². The summed E-state index contributed by atoms with van der Waals surface area (Å²) in [5.74, 6) is -0.208. The van der Waals surface area contributed by atoms with Crippen molar-refractivity contribution in [1.29, 1.82) is 0 Å². The molecule has 1 aromatic heterocycles. The molecular weight excluding hydrogens is 396 g/mol. The maximum Gasteiger partial charge on any atom is 0.323 e. The maximum absolute atomic E-state index is 12.4. The monoisotopic (exact) mass is 416 g/mol. The minimum Gasteiger partial charge on any atom is -0.308 e. The van der Waals surface area contributed by atoms with Crippen LogP contribution in [0.1, 0.15) is 21.5 Å². The molecule has 0 aliphatic rings. The number of benzene rings is 3. The molecule has 30 heavy (non-hydrogen) atoms. The lowest BCUT2D eigenvalue weighted by Crippen LogP contribution is -2.19. The first-order valence-corrected chi connectivity index (χ1v) is 10.2. The van der Waals surface area contributed by atoms with Gasteiger partial charge in [-0.25, -0.2) is 9.78 Å². The van der Waals surface area contributed by atoms with Crippen LogP contribution < -0.4 is 16.0 Å². The van der Waals surface area contributed by atoms with Crippen molar-refractivity contribution in [2.45, 2.75) is 13.8 Å². The summed E-state index contributed by atoms with van der Waals surface area (Å²) in [5, 5.41) is 9.04. The predicted molar refractivity (Wildman–Crippen MR) is 123 cm³/mol. The van der Waals surface area contributed by atoms with Crippen LogP contribution in [0.4, 0.5) is 21.3 Å². The number of anilines is 3. The van der Waals surface area contributed by atoms with Gasteiger partial charge in [0, 0.05) is 16.9 Å². The highest BCUT2D eigenvalue weighted by atomic mass is 32.1. The first kappa shape index (κ1) is 19.6. The number of hydrogen-bond acceptors (Lipinski definition) is 4. The number of aromatic nitrogens is 1. The van der Waals surface area contributed by atoms with Gasteiger partial charge in [-0.2, -0.15) is 0 Å². The summed E-state index contributed by atoms with van der Waals surface area (Å²) in [5.41, 5.74) is 4.88. The topological polar surface area (TPSA) is 83.1 Å². The molecule has 3 aromatic carbocycles. The van der Waals surface area contributed by atoms with Crippen molar-refractivity contribution in [3.63, 3.8) is 0 Å². The van der Waals surface area contributed by atoms with E-state index >= 15 is 0 Å². The predicted octanol–water partition coefficient (Wildman–Crippen LogP) is 5.81. The van der Waals surface area contributed by atoms with Gasteiger partial charge in [-0.05, 0) is 55.8 Å². The van der Waals surface area contributed by atoms with Crippen molar-refractivity contribution in [3.8, 4) is 0 Å². The highest BCUT2D eigenvalue weighted by Gasteiger charge is 2.11. The van der Waals surface area contributed by atoms with Gasteiger partial charge in [-0.15, -0.1) is 0 Å². The Morgan fingerprint density at radius 3 is 2.43 bits per heavy atom. The summed E-state index contributed by atoms with van der Waals surface area (Å²) in [4.78, 5) is 29.1. The van der Waals surface area contributed by atoms with Crippen molar-refractivity contribution in [1.82, 2.24) is 4.98 Å². The molecule has 4 aromatic rings. The quantitative estimate of drug-likeness (QED) is 0.393. The van der Waals surface area contributed by atoms with Gasteiger partial charge >= 0.3 is 6.03 Å². The number of nitrogens with one attached hydrogen (secondary N) is 3. The third-order valence-corrected chi connectivity index (χ3v) is 5.47. The molecule has 0 aliphatic carbocycles. The van der Waals surface area contributed by atoms with Crippen LogP contribution in [0.3, 0.4) is 0 Å². The average Bonchev–Trinajstić information content (AvgIpc) is 3.12. The van der Waals surface area contributed by atoms with Gasteiger partial charge < -0.3 is 10.6 Å². The van der Waals surface area contributed by atoms with Crippen LogP contribution in [0.25, 0.3) is 10.2 Å². The Labute approximate surface area is 178 Å². The number of hydrogen-bond donors (Lipinski definition) is 3. The van der Waals surface area contributed by atoms with Crippen LogP contribution in [-0.2, 0) is 0 Å². The molecule has 0 saturated heterocycles. The van der Waals surface area contributed by atoms with Gasteiger partial charge in [0.15, 0.2) is 5.13 Å². The Bertz CT molecular complexity index is 1230. The molecule has 0 radical (unpaired) electrons. The lowest BCUT2D eigenvalue weighted by atomic mass is 10.1. The van der Waals surface area contributed by atoms with E-state index in [0.29, 0.717) is 16.4 Å². The standard InChI is InChI=1S/C23H20N4O2S/c1-14-8-10-18(15(2)12-14)25-22(29)24-17-9-11-19-20(13-17)30-23(26-19)27-21(28)16-6-4-3-5-7-16/h3-13H,1-2H3,(H2,24,25,29)(H,26,27,28). The number of aryl methyl sites for hydroxylation is 2. The highest BCUT2D eigenvalue weighted by Crippen LogP contribution is 2.29. The fourth-order valence-electron chi connectivity index (χ4n) is 3.05. The number of nitrogens with zero attached hydrogens (tertiary/aromatic N) is 1. The number of rotatable bonds is 4. The fourth-order valence-corrected chi connectivity index (χ4v) is 3.95. The summed E-state index contributed by atoms with van der Waals surface area (Å²) >= 11 is 1.35. The molecule has 0 saturated carbocycles. The first-order valence-electron chi connectivity index (χ1n) is 9.40. The molecule has 4 rings (SSSR count). The molecule has 6 nitrogen and oxygen atoms in total. The Morgan fingerprint density at radius 1 is 0.867 bits per heavy atom. The summed E-state index contributed by atoms with van der Waals surface area (Å²) in [6, 6.07) is 20.0. The number of thiazole rings is 1. The maximum atomic E-state index is 12.4. The molecule has 1 heterocycles. The smallest absolute Gasteiger partial charge is 0.308 e. The highest BCUT2D eigenvalue weighted by molar-refractivity contribution is 7.22. The minimum absolute atomic E-state index is 0.208. The number of carbonyl (C=O) groups is 2. The van der Waals surface area contributed by atoms with E-state index in [1.54, 1.807) is 18.2 Å². The van der Waals surface area contributed by atoms with E-state index in [-0.39, 0.29) is 11.9 Å². The zero-order valence-corrected chi connectivity index (χ0v) is 17.3. The molecule has 7 heteroatoms. The van der Waals surface area contributed by atoms with E-state index in [2.05, 4.69) is 20.9 Å². The van der Waals surface area contributed by atoms with Gasteiger partial charge in [0.2, 0.25) is 0 Å². The third kappa shape index (κ3) is 4.47. The number of fused-ring (bicyclic) bond motifs is 1. The normalized spacial score (nSPS) is 10.6. The second kappa shape index (κ2) is 8.34. The first-order chi connectivity index (χ1) is 14.5. The van der Waals surface area contributed by atoms with Crippen molar-refractivity contribution < 1.29 is 9.59 Å². The Kier molecular flexibility index (Phi) is 5.45. The summed E-state index contributed by atoms with van der Waals surface area (Å²) in [7, 11) is 0. The van der Waals surface area contributed by atoms with Gasteiger partial charge in [0.05, 0.1) is 10.2 Å². The lowest BCUT2D eigenvalue weighted by molar-refractivity contribution is 0.102. The SMILES string of the molecule is Cc1ccc(NC(=O)Nc2ccc3nc(NC(=O)c4ccccc4)sc3c2)c(C)c1. The van der Waals surface area contributed by atoms with E-state index < -0.39 is 0 Å². The average molecular weight is 417 g/mol. The largest absolute Gasteiger partial charge is 0.323 e. The molecule has 150 valence electrons. The summed E-state index contributed by atoms with van der Waals surface area (Å²) in [6.07, 6.45) is 0. The minimum atomic E-state index is -0.316. The van der Waals surface area contributed by atoms with Crippen molar-refractivity contribution in [2.75, 3.05) is 16.0 Å². The molecule has 3 amide bonds. The Morgan fingerprint density at radius 2 is 1.67 bits per heavy atom. The number of urea groups is 1. The van der Waals surface area contributed by atoms with Gasteiger partial charge in [0.25, 0.3) is 5.91 Å². The zero-order valence-electron chi connectivity index (χ0n) is 16.5. The molecule has 3 N–H and O–H groups in total. The summed E-state index contributed by atoms with van der Waals surface area (Å²) < 4.78 is 0.864. The molecule has 0 bridgehead atoms. The van der Waals surface area contributed by atoms with Crippen molar-refractivity contribution in [2.24, 2.45) is 0 Å². The lowest BCUT2D eigenvalue weighted by Gasteiger charge is -2.10. The number of amides is 3. The fraction of sp³-hybridized carbons (Fsp3) is 0.0870. The third-order valence-electron chi connectivity index (χ3n) is 4.53. The van der Waals surface area contributed by atoms with Gasteiger partial charge in [0.1, 0.15) is 0 Å². The van der Waals surface area contributed by atoms with Crippen LogP contribution in [-0.4, -0.2) is 16.9 Å². The van der Waals surface area contributed by atoms with E-state index in [1.165, 1.54) is 11.3 Å². The second-order valence-electron chi connectivity index (χ2n) is 6.92.